The van der Waals surface area contributed by atoms with E-state index in [-0.39, 0.29) is 5.41 Å². The van der Waals surface area contributed by atoms with Crippen molar-refractivity contribution >= 4 is 11.4 Å². The molecular weight excluding hydrogens is 292 g/mol. The van der Waals surface area contributed by atoms with E-state index in [2.05, 4.69) is 76.3 Å². The number of hydrogen-bond acceptors (Lipinski definition) is 2. The molecule has 2 nitrogen and oxygen atoms in total. The lowest BCUT2D eigenvalue weighted by molar-refractivity contribution is 0.389. The quantitative estimate of drug-likeness (QED) is 0.685. The molecule has 2 aromatic rings. The Balaban J connectivity index is 1.91. The topological polar surface area (TPSA) is 38.0 Å². The summed E-state index contributed by atoms with van der Waals surface area (Å²) in [6, 6.07) is 17.0. The fourth-order valence-corrected chi connectivity index (χ4v) is 3.01. The number of rotatable bonds is 6. The van der Waals surface area contributed by atoms with E-state index in [9.17, 15) is 0 Å². The molecule has 0 aliphatic heterocycles. The molecule has 3 N–H and O–H groups in total. The highest BCUT2D eigenvalue weighted by atomic mass is 14.9. The van der Waals surface area contributed by atoms with Crippen LogP contribution >= 0.6 is 0 Å². The zero-order valence-corrected chi connectivity index (χ0v) is 15.8. The summed E-state index contributed by atoms with van der Waals surface area (Å²) in [5, 5.41) is 3.58. The first kappa shape index (κ1) is 18.4. The molecule has 2 heteroatoms. The summed E-state index contributed by atoms with van der Waals surface area (Å²) in [5.41, 5.74) is 11.1. The Bertz CT molecular complexity index is 648. The predicted octanol–water partition coefficient (Wildman–Crippen LogP) is 5.54. The van der Waals surface area contributed by atoms with E-state index in [1.807, 2.05) is 12.1 Å². The van der Waals surface area contributed by atoms with Gasteiger partial charge in [-0.25, -0.2) is 0 Å². The van der Waals surface area contributed by atoms with Crippen LogP contribution in [-0.4, -0.2) is 6.54 Å². The van der Waals surface area contributed by atoms with Crippen LogP contribution in [0.15, 0.2) is 48.5 Å². The minimum Gasteiger partial charge on any atom is -0.399 e. The van der Waals surface area contributed by atoms with Gasteiger partial charge in [0.25, 0.3) is 0 Å². The van der Waals surface area contributed by atoms with Crippen LogP contribution in [0.2, 0.25) is 0 Å². The monoisotopic (exact) mass is 324 g/mol. The van der Waals surface area contributed by atoms with Crippen LogP contribution < -0.4 is 11.1 Å². The van der Waals surface area contributed by atoms with Gasteiger partial charge in [0, 0.05) is 17.9 Å². The van der Waals surface area contributed by atoms with Gasteiger partial charge >= 0.3 is 0 Å². The first-order valence-corrected chi connectivity index (χ1v) is 8.80. The van der Waals surface area contributed by atoms with Crippen molar-refractivity contribution in [2.75, 3.05) is 17.6 Å². The van der Waals surface area contributed by atoms with E-state index < -0.39 is 0 Å². The van der Waals surface area contributed by atoms with E-state index in [1.54, 1.807) is 0 Å². The lowest BCUT2D eigenvalue weighted by atomic mass is 9.85. The first-order chi connectivity index (χ1) is 11.1. The number of anilines is 2. The van der Waals surface area contributed by atoms with Gasteiger partial charge < -0.3 is 11.1 Å². The largest absolute Gasteiger partial charge is 0.399 e. The van der Waals surface area contributed by atoms with Gasteiger partial charge in [0.1, 0.15) is 0 Å². The Morgan fingerprint density at radius 2 is 1.50 bits per heavy atom. The molecule has 0 radical (unpaired) electrons. The van der Waals surface area contributed by atoms with Crippen molar-refractivity contribution < 1.29 is 0 Å². The molecule has 130 valence electrons. The maximum absolute atomic E-state index is 5.88. The van der Waals surface area contributed by atoms with Gasteiger partial charge in [-0.3, -0.25) is 0 Å². The van der Waals surface area contributed by atoms with E-state index in [0.717, 1.165) is 25.1 Å². The number of nitrogens with one attached hydrogen (secondary N) is 1. The Morgan fingerprint density at radius 1 is 0.833 bits per heavy atom. The second-order valence-corrected chi connectivity index (χ2v) is 8.87. The first-order valence-electron chi connectivity index (χ1n) is 8.80. The molecule has 0 spiro atoms. The lowest BCUT2D eigenvalue weighted by Crippen LogP contribution is -2.25. The van der Waals surface area contributed by atoms with E-state index in [4.69, 9.17) is 5.73 Å². The number of hydrogen-bond donors (Lipinski definition) is 2. The Hall–Kier alpha value is -1.96. The molecular formula is C22H32N2. The average Bonchev–Trinajstić information content (AvgIpc) is 2.44. The van der Waals surface area contributed by atoms with Gasteiger partial charge in [0.15, 0.2) is 0 Å². The van der Waals surface area contributed by atoms with Crippen molar-refractivity contribution in [3.05, 3.63) is 59.7 Å². The highest BCUT2D eigenvalue weighted by Crippen LogP contribution is 2.25. The molecule has 0 atom stereocenters. The molecule has 0 saturated heterocycles. The maximum Gasteiger partial charge on any atom is 0.0340 e. The standard InChI is InChI=1S/C22H32N2/c1-21(2,3)14-17-9-11-20(12-10-17)24-16-22(4,5)15-18-7-6-8-19(23)13-18/h6-13,24H,14-16,23H2,1-5H3. The zero-order chi connectivity index (χ0) is 17.8. The van der Waals surface area contributed by atoms with Crippen molar-refractivity contribution in [2.24, 2.45) is 10.8 Å². The molecule has 0 saturated carbocycles. The van der Waals surface area contributed by atoms with E-state index in [0.29, 0.717) is 5.41 Å². The summed E-state index contributed by atoms with van der Waals surface area (Å²) in [6.07, 6.45) is 2.11. The highest BCUT2D eigenvalue weighted by molar-refractivity contribution is 5.45. The van der Waals surface area contributed by atoms with Crippen LogP contribution in [0, 0.1) is 10.8 Å². The number of nitrogens with two attached hydrogens (primary N) is 1. The van der Waals surface area contributed by atoms with Crippen molar-refractivity contribution in [2.45, 2.75) is 47.5 Å². The van der Waals surface area contributed by atoms with Gasteiger partial charge in [-0.2, -0.15) is 0 Å². The van der Waals surface area contributed by atoms with E-state index in [1.165, 1.54) is 16.8 Å². The van der Waals surface area contributed by atoms with Crippen molar-refractivity contribution in [3.8, 4) is 0 Å². The second kappa shape index (κ2) is 7.29. The van der Waals surface area contributed by atoms with Gasteiger partial charge in [0.2, 0.25) is 0 Å². The molecule has 2 aromatic carbocycles. The Kier molecular flexibility index (Phi) is 5.58. The van der Waals surface area contributed by atoms with Crippen LogP contribution in [0.4, 0.5) is 11.4 Å². The molecule has 0 unspecified atom stereocenters. The van der Waals surface area contributed by atoms with Crippen LogP contribution in [0.5, 0.6) is 0 Å². The highest BCUT2D eigenvalue weighted by Gasteiger charge is 2.18. The van der Waals surface area contributed by atoms with Gasteiger partial charge in [-0.1, -0.05) is 58.9 Å². The fourth-order valence-electron chi connectivity index (χ4n) is 3.01. The van der Waals surface area contributed by atoms with Crippen LogP contribution in [-0.2, 0) is 12.8 Å². The summed E-state index contributed by atoms with van der Waals surface area (Å²) in [4.78, 5) is 0. The summed E-state index contributed by atoms with van der Waals surface area (Å²) in [5.74, 6) is 0. The predicted molar refractivity (Wildman–Crippen MR) is 106 cm³/mol. The lowest BCUT2D eigenvalue weighted by Gasteiger charge is -2.26. The molecule has 0 heterocycles. The summed E-state index contributed by atoms with van der Waals surface area (Å²) in [6.45, 7) is 12.3. The summed E-state index contributed by atoms with van der Waals surface area (Å²) < 4.78 is 0. The zero-order valence-electron chi connectivity index (χ0n) is 15.8. The Morgan fingerprint density at radius 3 is 2.08 bits per heavy atom. The summed E-state index contributed by atoms with van der Waals surface area (Å²) in [7, 11) is 0. The third-order valence-corrected chi connectivity index (χ3v) is 4.09. The minimum atomic E-state index is 0.165. The summed E-state index contributed by atoms with van der Waals surface area (Å²) >= 11 is 0. The van der Waals surface area contributed by atoms with Crippen LogP contribution in [0.1, 0.15) is 45.7 Å². The molecule has 0 amide bonds. The second-order valence-electron chi connectivity index (χ2n) is 8.87. The van der Waals surface area contributed by atoms with E-state index >= 15 is 0 Å². The molecule has 0 aliphatic rings. The van der Waals surface area contributed by atoms with Crippen molar-refractivity contribution in [3.63, 3.8) is 0 Å². The number of benzene rings is 2. The Labute approximate surface area is 147 Å². The van der Waals surface area contributed by atoms with Crippen LogP contribution in [0.25, 0.3) is 0 Å². The maximum atomic E-state index is 5.88. The molecule has 0 fully saturated rings. The van der Waals surface area contributed by atoms with Crippen molar-refractivity contribution in [1.82, 2.24) is 0 Å². The number of nitrogen functional groups attached to an aromatic ring is 1. The molecule has 0 aromatic heterocycles. The third kappa shape index (κ3) is 6.27. The van der Waals surface area contributed by atoms with Crippen molar-refractivity contribution in [1.29, 1.82) is 0 Å². The van der Waals surface area contributed by atoms with Gasteiger partial charge in [-0.05, 0) is 59.1 Å². The SMILES string of the molecule is CC(C)(C)Cc1ccc(NCC(C)(C)Cc2cccc(N)c2)cc1. The van der Waals surface area contributed by atoms with Gasteiger partial charge in [-0.15, -0.1) is 0 Å². The third-order valence-electron chi connectivity index (χ3n) is 4.09. The molecule has 0 aliphatic carbocycles. The molecule has 2 rings (SSSR count). The normalized spacial score (nSPS) is 12.2. The average molecular weight is 325 g/mol. The minimum absolute atomic E-state index is 0.165. The van der Waals surface area contributed by atoms with Crippen LogP contribution in [0.3, 0.4) is 0 Å². The fraction of sp³-hybridized carbons (Fsp3) is 0.455. The smallest absolute Gasteiger partial charge is 0.0340 e. The van der Waals surface area contributed by atoms with Gasteiger partial charge in [0.05, 0.1) is 0 Å². The molecule has 24 heavy (non-hydrogen) atoms. The molecule has 0 bridgehead atoms.